The van der Waals surface area contributed by atoms with Crippen LogP contribution in [0.2, 0.25) is 0 Å². The fraction of sp³-hybridized carbons (Fsp3) is 0.450. The molecule has 142 valence electrons. The first kappa shape index (κ1) is 17.7. The van der Waals surface area contributed by atoms with Gasteiger partial charge in [0.25, 0.3) is 0 Å². The van der Waals surface area contributed by atoms with Crippen LogP contribution < -0.4 is 15.8 Å². The first-order valence-corrected chi connectivity index (χ1v) is 9.23. The molecule has 1 aliphatic carbocycles. The number of oxime groups is 1. The number of aromatic nitrogens is 2. The monoisotopic (exact) mass is 367 g/mol. The molecule has 2 heterocycles. The van der Waals surface area contributed by atoms with Crippen molar-refractivity contribution in [3.05, 3.63) is 35.7 Å². The topological polar surface area (TPSA) is 94.7 Å². The van der Waals surface area contributed by atoms with E-state index < -0.39 is 5.41 Å². The summed E-state index contributed by atoms with van der Waals surface area (Å²) in [6.07, 6.45) is 2.62. The Balaban J connectivity index is 1.81. The Hall–Kier alpha value is -2.67. The van der Waals surface area contributed by atoms with E-state index >= 15 is 0 Å². The van der Waals surface area contributed by atoms with Gasteiger partial charge in [-0.3, -0.25) is 0 Å². The molecule has 1 saturated heterocycles. The fourth-order valence-electron chi connectivity index (χ4n) is 3.95. The summed E-state index contributed by atoms with van der Waals surface area (Å²) >= 11 is 0. The molecule has 3 N–H and O–H groups in total. The highest BCUT2D eigenvalue weighted by Gasteiger charge is 2.41. The van der Waals surface area contributed by atoms with Crippen molar-refractivity contribution in [2.45, 2.75) is 25.7 Å². The third kappa shape index (κ3) is 3.02. The molecule has 0 saturated carbocycles. The predicted octanol–water partition coefficient (Wildman–Crippen LogP) is 2.36. The van der Waals surface area contributed by atoms with E-state index in [1.807, 2.05) is 18.2 Å². The molecule has 0 bridgehead atoms. The third-order valence-corrected chi connectivity index (χ3v) is 5.46. The van der Waals surface area contributed by atoms with Gasteiger partial charge in [-0.2, -0.15) is 0 Å². The van der Waals surface area contributed by atoms with E-state index in [2.05, 4.69) is 34.3 Å². The molecule has 0 unspecified atom stereocenters. The van der Waals surface area contributed by atoms with Crippen LogP contribution in [0.1, 0.15) is 31.4 Å². The normalized spacial score (nSPS) is 21.6. The molecule has 7 heteroatoms. The lowest BCUT2D eigenvalue weighted by atomic mass is 9.70. The zero-order valence-electron chi connectivity index (χ0n) is 16.0. The zero-order chi connectivity index (χ0) is 19.0. The largest absolute Gasteiger partial charge is 0.497 e. The summed E-state index contributed by atoms with van der Waals surface area (Å²) in [6.45, 7) is 6.76. The molecule has 1 fully saturated rings. The molecule has 0 spiro atoms. The molecular formula is C20H25N5O2. The molecule has 1 aromatic heterocycles. The number of nitrogens with one attached hydrogen (secondary N) is 1. The second-order valence-electron chi connectivity index (χ2n) is 7.61. The number of ether oxygens (including phenoxy) is 1. The Labute approximate surface area is 159 Å². The van der Waals surface area contributed by atoms with Crippen molar-refractivity contribution in [3.8, 4) is 17.0 Å². The van der Waals surface area contributed by atoms with Gasteiger partial charge in [0, 0.05) is 34.6 Å². The van der Waals surface area contributed by atoms with Crippen LogP contribution in [0.5, 0.6) is 5.75 Å². The number of rotatable bonds is 4. The lowest BCUT2D eigenvalue weighted by Crippen LogP contribution is -2.36. The number of nitrogen functional groups attached to an aromatic ring is 1. The smallest absolute Gasteiger partial charge is 0.131 e. The molecule has 1 aliphatic heterocycles. The van der Waals surface area contributed by atoms with Crippen molar-refractivity contribution in [3.63, 3.8) is 0 Å². The first-order valence-electron chi connectivity index (χ1n) is 9.23. The summed E-state index contributed by atoms with van der Waals surface area (Å²) in [4.78, 5) is 14.5. The van der Waals surface area contributed by atoms with E-state index in [1.165, 1.54) is 6.33 Å². The first-order chi connectivity index (χ1) is 13.0. The summed E-state index contributed by atoms with van der Waals surface area (Å²) in [7, 11) is 1.66. The Morgan fingerprint density at radius 3 is 2.89 bits per heavy atom. The summed E-state index contributed by atoms with van der Waals surface area (Å²) in [6, 6.07) is 5.89. The quantitative estimate of drug-likeness (QED) is 0.806. The molecule has 0 amide bonds. The van der Waals surface area contributed by atoms with E-state index in [4.69, 9.17) is 15.3 Å². The van der Waals surface area contributed by atoms with Crippen LogP contribution in [0, 0.1) is 5.92 Å². The molecule has 4 rings (SSSR count). The van der Waals surface area contributed by atoms with Gasteiger partial charge in [-0.05, 0) is 45.0 Å². The number of methoxy groups -OCH3 is 1. The van der Waals surface area contributed by atoms with Gasteiger partial charge in [-0.1, -0.05) is 5.16 Å². The molecule has 2 aromatic rings. The maximum Gasteiger partial charge on any atom is 0.131 e. The molecule has 0 radical (unpaired) electrons. The molecule has 7 nitrogen and oxygen atoms in total. The van der Waals surface area contributed by atoms with Gasteiger partial charge in [0.2, 0.25) is 0 Å². The minimum absolute atomic E-state index is 0.471. The number of hydrogen-bond acceptors (Lipinski definition) is 7. The SMILES string of the molecule is COc1ccc2c(c1)/C(=N\OC[C@@H]1CCNC1)C(C)(C)c1c(N)ncnc1-2. The van der Waals surface area contributed by atoms with Crippen molar-refractivity contribution in [2.24, 2.45) is 11.1 Å². The van der Waals surface area contributed by atoms with Crippen molar-refractivity contribution < 1.29 is 9.57 Å². The maximum atomic E-state index is 6.24. The van der Waals surface area contributed by atoms with Crippen LogP contribution in [0.25, 0.3) is 11.3 Å². The summed E-state index contributed by atoms with van der Waals surface area (Å²) in [5.74, 6) is 1.73. The number of nitrogens with zero attached hydrogens (tertiary/aromatic N) is 3. The summed E-state index contributed by atoms with van der Waals surface area (Å²) < 4.78 is 5.43. The van der Waals surface area contributed by atoms with Gasteiger partial charge in [-0.25, -0.2) is 9.97 Å². The Kier molecular flexibility index (Phi) is 4.47. The number of nitrogens with two attached hydrogens (primary N) is 1. The highest BCUT2D eigenvalue weighted by Crippen LogP contribution is 2.45. The van der Waals surface area contributed by atoms with Crippen LogP contribution in [-0.4, -0.2) is 42.5 Å². The highest BCUT2D eigenvalue weighted by molar-refractivity contribution is 6.15. The van der Waals surface area contributed by atoms with Crippen molar-refractivity contribution in [1.29, 1.82) is 0 Å². The van der Waals surface area contributed by atoms with Crippen LogP contribution in [0.4, 0.5) is 5.82 Å². The fourth-order valence-corrected chi connectivity index (χ4v) is 3.95. The minimum atomic E-state index is -0.492. The van der Waals surface area contributed by atoms with Crippen LogP contribution >= 0.6 is 0 Å². The van der Waals surface area contributed by atoms with Gasteiger partial charge in [0.05, 0.1) is 18.5 Å². The Morgan fingerprint density at radius 1 is 1.30 bits per heavy atom. The van der Waals surface area contributed by atoms with E-state index in [1.54, 1.807) is 7.11 Å². The van der Waals surface area contributed by atoms with Crippen LogP contribution in [-0.2, 0) is 10.3 Å². The summed E-state index contributed by atoms with van der Waals surface area (Å²) in [5, 5.41) is 7.93. The van der Waals surface area contributed by atoms with Gasteiger partial charge < -0.3 is 20.6 Å². The van der Waals surface area contributed by atoms with E-state index in [-0.39, 0.29) is 0 Å². The van der Waals surface area contributed by atoms with E-state index in [0.29, 0.717) is 18.3 Å². The third-order valence-electron chi connectivity index (χ3n) is 5.46. The highest BCUT2D eigenvalue weighted by atomic mass is 16.6. The van der Waals surface area contributed by atoms with Crippen LogP contribution in [0.3, 0.4) is 0 Å². The predicted molar refractivity (Wildman–Crippen MR) is 105 cm³/mol. The maximum absolute atomic E-state index is 6.24. The number of benzene rings is 1. The second-order valence-corrected chi connectivity index (χ2v) is 7.61. The molecule has 1 aromatic carbocycles. The number of hydrogen-bond donors (Lipinski definition) is 2. The molecule has 27 heavy (non-hydrogen) atoms. The average molecular weight is 367 g/mol. The van der Waals surface area contributed by atoms with Crippen molar-refractivity contribution in [2.75, 3.05) is 32.5 Å². The van der Waals surface area contributed by atoms with E-state index in [9.17, 15) is 0 Å². The number of fused-ring (bicyclic) bond motifs is 3. The van der Waals surface area contributed by atoms with Gasteiger partial charge >= 0.3 is 0 Å². The lowest BCUT2D eigenvalue weighted by molar-refractivity contribution is 0.112. The van der Waals surface area contributed by atoms with Gasteiger partial charge in [0.1, 0.15) is 24.5 Å². The Bertz CT molecular complexity index is 888. The molecular weight excluding hydrogens is 342 g/mol. The lowest BCUT2D eigenvalue weighted by Gasteiger charge is -2.34. The molecule has 1 atom stereocenters. The van der Waals surface area contributed by atoms with Crippen molar-refractivity contribution in [1.82, 2.24) is 15.3 Å². The molecule has 2 aliphatic rings. The standard InChI is InChI=1S/C20H25N5O2/c1-20(2)16-17(23-11-24-19(16)21)14-5-4-13(26-3)8-15(14)18(20)25-27-10-12-6-7-22-9-12/h4-5,8,11-12,22H,6-7,9-10H2,1-3H3,(H2,21,23,24)/b25-18+/t12-/m1/s1. The zero-order valence-corrected chi connectivity index (χ0v) is 16.0. The van der Waals surface area contributed by atoms with Crippen LogP contribution in [0.15, 0.2) is 29.7 Å². The number of anilines is 1. The van der Waals surface area contributed by atoms with Gasteiger partial charge in [0.15, 0.2) is 0 Å². The van der Waals surface area contributed by atoms with Crippen molar-refractivity contribution >= 4 is 11.5 Å². The van der Waals surface area contributed by atoms with E-state index in [0.717, 1.165) is 53.4 Å². The minimum Gasteiger partial charge on any atom is -0.497 e. The Morgan fingerprint density at radius 2 is 2.15 bits per heavy atom. The van der Waals surface area contributed by atoms with Gasteiger partial charge in [-0.15, -0.1) is 0 Å². The second kappa shape index (κ2) is 6.81. The average Bonchev–Trinajstić information content (AvgIpc) is 3.17. The summed E-state index contributed by atoms with van der Waals surface area (Å²) in [5.41, 5.74) is 10.2.